The predicted molar refractivity (Wildman–Crippen MR) is 85.9 cm³/mol. The van der Waals surface area contributed by atoms with Crippen LogP contribution in [0, 0.1) is 19.7 Å². The Labute approximate surface area is 140 Å². The van der Waals surface area contributed by atoms with Crippen molar-refractivity contribution in [2.45, 2.75) is 45.3 Å². The molecule has 0 bridgehead atoms. The highest BCUT2D eigenvalue weighted by Crippen LogP contribution is 2.27. The molecule has 0 unspecified atom stereocenters. The Morgan fingerprint density at radius 2 is 2.12 bits per heavy atom. The molecule has 1 amide bonds. The minimum Gasteiger partial charge on any atom is -0.376 e. The molecule has 1 fully saturated rings. The number of halogens is 1. The molecule has 1 aliphatic heterocycles. The van der Waals surface area contributed by atoms with E-state index >= 15 is 0 Å². The summed E-state index contributed by atoms with van der Waals surface area (Å²) in [5.41, 5.74) is 2.37. The molecule has 0 saturated carbocycles. The number of aromatic nitrogens is 1. The van der Waals surface area contributed by atoms with E-state index in [-0.39, 0.29) is 30.3 Å². The smallest absolute Gasteiger partial charge is 0.225 e. The van der Waals surface area contributed by atoms with Gasteiger partial charge in [0.1, 0.15) is 11.6 Å². The van der Waals surface area contributed by atoms with Crippen LogP contribution in [0.3, 0.4) is 0 Å². The van der Waals surface area contributed by atoms with Crippen molar-refractivity contribution in [1.29, 1.82) is 0 Å². The zero-order chi connectivity index (χ0) is 17.1. The summed E-state index contributed by atoms with van der Waals surface area (Å²) in [6.45, 7) is 4.29. The molecule has 0 aliphatic carbocycles. The number of carbonyl (C=O) groups is 1. The Hall–Kier alpha value is -2.21. The molecule has 3 rings (SSSR count). The molecule has 2 atom stereocenters. The van der Waals surface area contributed by atoms with Gasteiger partial charge in [-0.1, -0.05) is 17.3 Å². The lowest BCUT2D eigenvalue weighted by molar-refractivity contribution is -0.122. The topological polar surface area (TPSA) is 64.4 Å². The normalized spacial score (nSPS) is 18.5. The first kappa shape index (κ1) is 16.6. The van der Waals surface area contributed by atoms with Crippen LogP contribution in [0.25, 0.3) is 0 Å². The van der Waals surface area contributed by atoms with E-state index in [1.807, 2.05) is 6.92 Å². The molecular weight excluding hydrogens is 311 g/mol. The molecule has 1 aliphatic rings. The van der Waals surface area contributed by atoms with E-state index in [0.29, 0.717) is 12.4 Å². The largest absolute Gasteiger partial charge is 0.376 e. The van der Waals surface area contributed by atoms with Gasteiger partial charge in [0.15, 0.2) is 0 Å². The highest BCUT2D eigenvalue weighted by atomic mass is 19.1. The van der Waals surface area contributed by atoms with Gasteiger partial charge in [0.25, 0.3) is 0 Å². The first-order chi connectivity index (χ1) is 11.5. The number of aryl methyl sites for hydroxylation is 2. The highest BCUT2D eigenvalue weighted by molar-refractivity contribution is 5.79. The van der Waals surface area contributed by atoms with Crippen LogP contribution < -0.4 is 5.32 Å². The van der Waals surface area contributed by atoms with Crippen LogP contribution >= 0.6 is 0 Å². The van der Waals surface area contributed by atoms with Crippen LogP contribution in [0.15, 0.2) is 28.8 Å². The lowest BCUT2D eigenvalue weighted by Gasteiger charge is -2.25. The van der Waals surface area contributed by atoms with Crippen molar-refractivity contribution in [3.8, 4) is 0 Å². The van der Waals surface area contributed by atoms with Gasteiger partial charge < -0.3 is 14.6 Å². The Morgan fingerprint density at radius 1 is 1.38 bits per heavy atom. The van der Waals surface area contributed by atoms with Crippen molar-refractivity contribution in [3.05, 3.63) is 52.7 Å². The number of nitrogens with zero attached hydrogens (tertiary/aromatic N) is 1. The summed E-state index contributed by atoms with van der Waals surface area (Å²) in [6.07, 6.45) is 1.94. The number of ether oxygens (including phenoxy) is 1. The summed E-state index contributed by atoms with van der Waals surface area (Å²) in [5.74, 6) is 0.221. The van der Waals surface area contributed by atoms with Gasteiger partial charge in [-0.25, -0.2) is 4.39 Å². The quantitative estimate of drug-likeness (QED) is 0.914. The van der Waals surface area contributed by atoms with Gasteiger partial charge in [-0.05, 0) is 44.4 Å². The molecule has 1 aromatic carbocycles. The van der Waals surface area contributed by atoms with E-state index in [1.54, 1.807) is 19.1 Å². The summed E-state index contributed by atoms with van der Waals surface area (Å²) in [5, 5.41) is 6.90. The minimum atomic E-state index is -0.299. The number of hydrogen-bond donors (Lipinski definition) is 1. The van der Waals surface area contributed by atoms with Crippen LogP contribution in [0.1, 0.15) is 41.5 Å². The standard InChI is InChI=1S/C18H21FN2O3/c1-11-15(12(2)24-21-11)10-17(22)20-18(16-4-3-9-23-16)13-5-7-14(19)8-6-13/h5-8,16,18H,3-4,9-10H2,1-2H3,(H,20,22)/t16-,18+/m0/s1. The van der Waals surface area contributed by atoms with Crippen molar-refractivity contribution < 1.29 is 18.4 Å². The van der Waals surface area contributed by atoms with Crippen LogP contribution in [-0.2, 0) is 16.0 Å². The van der Waals surface area contributed by atoms with Crippen LogP contribution in [0.2, 0.25) is 0 Å². The average Bonchev–Trinajstić information content (AvgIpc) is 3.19. The second-order valence-electron chi connectivity index (χ2n) is 6.13. The number of hydrogen-bond acceptors (Lipinski definition) is 4. The van der Waals surface area contributed by atoms with E-state index in [9.17, 15) is 9.18 Å². The van der Waals surface area contributed by atoms with Crippen molar-refractivity contribution in [1.82, 2.24) is 10.5 Å². The molecule has 2 heterocycles. The van der Waals surface area contributed by atoms with E-state index in [4.69, 9.17) is 9.26 Å². The van der Waals surface area contributed by atoms with Gasteiger partial charge in [0, 0.05) is 12.2 Å². The fourth-order valence-corrected chi connectivity index (χ4v) is 3.07. The average molecular weight is 332 g/mol. The van der Waals surface area contributed by atoms with E-state index in [2.05, 4.69) is 10.5 Å². The van der Waals surface area contributed by atoms with Crippen molar-refractivity contribution in [2.75, 3.05) is 6.61 Å². The Bertz CT molecular complexity index is 686. The molecule has 1 saturated heterocycles. The number of benzene rings is 1. The Kier molecular flexibility index (Phi) is 4.94. The maximum absolute atomic E-state index is 13.2. The van der Waals surface area contributed by atoms with E-state index in [1.165, 1.54) is 12.1 Å². The first-order valence-corrected chi connectivity index (χ1v) is 8.13. The fraction of sp³-hybridized carbons (Fsp3) is 0.444. The Morgan fingerprint density at radius 3 is 2.71 bits per heavy atom. The summed E-state index contributed by atoms with van der Waals surface area (Å²) in [6, 6.07) is 5.90. The SMILES string of the molecule is Cc1noc(C)c1CC(=O)N[C@H](c1ccc(F)cc1)[C@@H]1CCCO1. The van der Waals surface area contributed by atoms with Gasteiger partial charge in [-0.3, -0.25) is 4.79 Å². The highest BCUT2D eigenvalue weighted by Gasteiger charge is 2.29. The van der Waals surface area contributed by atoms with E-state index in [0.717, 1.165) is 29.7 Å². The third-order valence-electron chi connectivity index (χ3n) is 4.40. The number of carbonyl (C=O) groups excluding carboxylic acids is 1. The summed E-state index contributed by atoms with van der Waals surface area (Å²) >= 11 is 0. The third-order valence-corrected chi connectivity index (χ3v) is 4.40. The van der Waals surface area contributed by atoms with Gasteiger partial charge in [0.05, 0.1) is 24.3 Å². The van der Waals surface area contributed by atoms with Crippen LogP contribution in [-0.4, -0.2) is 23.8 Å². The van der Waals surface area contributed by atoms with Crippen LogP contribution in [0.5, 0.6) is 0 Å². The monoisotopic (exact) mass is 332 g/mol. The number of amides is 1. The van der Waals surface area contributed by atoms with Crippen molar-refractivity contribution in [2.24, 2.45) is 0 Å². The van der Waals surface area contributed by atoms with Gasteiger partial charge in [0.2, 0.25) is 5.91 Å². The maximum Gasteiger partial charge on any atom is 0.225 e. The second-order valence-corrected chi connectivity index (χ2v) is 6.13. The fourth-order valence-electron chi connectivity index (χ4n) is 3.07. The lowest BCUT2D eigenvalue weighted by atomic mass is 9.98. The molecule has 5 nitrogen and oxygen atoms in total. The van der Waals surface area contributed by atoms with E-state index < -0.39 is 0 Å². The number of nitrogens with one attached hydrogen (secondary N) is 1. The first-order valence-electron chi connectivity index (χ1n) is 8.13. The van der Waals surface area contributed by atoms with Crippen molar-refractivity contribution in [3.63, 3.8) is 0 Å². The lowest BCUT2D eigenvalue weighted by Crippen LogP contribution is -2.37. The summed E-state index contributed by atoms with van der Waals surface area (Å²) < 4.78 is 24.0. The van der Waals surface area contributed by atoms with Crippen LogP contribution in [0.4, 0.5) is 4.39 Å². The minimum absolute atomic E-state index is 0.0934. The molecule has 0 spiro atoms. The molecule has 0 radical (unpaired) electrons. The number of rotatable bonds is 5. The molecule has 128 valence electrons. The zero-order valence-corrected chi connectivity index (χ0v) is 13.8. The molecule has 24 heavy (non-hydrogen) atoms. The van der Waals surface area contributed by atoms with Gasteiger partial charge in [-0.15, -0.1) is 0 Å². The molecule has 1 aromatic heterocycles. The second kappa shape index (κ2) is 7.13. The predicted octanol–water partition coefficient (Wildman–Crippen LogP) is 3.01. The summed E-state index contributed by atoms with van der Waals surface area (Å²) in [4.78, 5) is 12.5. The Balaban J connectivity index is 1.76. The molecular formula is C18H21FN2O3. The van der Waals surface area contributed by atoms with Gasteiger partial charge in [-0.2, -0.15) is 0 Å². The maximum atomic E-state index is 13.2. The summed E-state index contributed by atoms with van der Waals surface area (Å²) in [7, 11) is 0. The molecule has 1 N–H and O–H groups in total. The van der Waals surface area contributed by atoms with Gasteiger partial charge >= 0.3 is 0 Å². The van der Waals surface area contributed by atoms with Crippen molar-refractivity contribution >= 4 is 5.91 Å². The third kappa shape index (κ3) is 3.64. The zero-order valence-electron chi connectivity index (χ0n) is 13.8. The molecule has 2 aromatic rings. The molecule has 6 heteroatoms.